The normalized spacial score (nSPS) is 15.1. The van der Waals surface area contributed by atoms with Gasteiger partial charge in [0, 0.05) is 11.4 Å². The van der Waals surface area contributed by atoms with Gasteiger partial charge in [-0.2, -0.15) is 0 Å². The van der Waals surface area contributed by atoms with E-state index in [2.05, 4.69) is 176 Å². The molecular weight excluding hydrogens is 546 g/mol. The lowest BCUT2D eigenvalue weighted by Crippen LogP contribution is -2.20. The Morgan fingerprint density at radius 1 is 0.667 bits per heavy atom. The molecule has 2 heteroatoms. The van der Waals surface area contributed by atoms with Crippen LogP contribution in [0, 0.1) is 0 Å². The maximum atomic E-state index is 6.33. The quantitative estimate of drug-likeness (QED) is 0.145. The molecule has 0 aliphatic heterocycles. The van der Waals surface area contributed by atoms with Crippen molar-refractivity contribution < 1.29 is 4.74 Å². The molecule has 226 valence electrons. The van der Waals surface area contributed by atoms with Gasteiger partial charge in [-0.15, -0.1) is 0 Å². The predicted molar refractivity (Wildman–Crippen MR) is 195 cm³/mol. The van der Waals surface area contributed by atoms with Crippen LogP contribution in [0.1, 0.15) is 55.7 Å². The number of anilines is 2. The first-order valence-corrected chi connectivity index (χ1v) is 16.1. The lowest BCUT2D eigenvalue weighted by Gasteiger charge is -2.31. The topological polar surface area (TPSA) is 12.5 Å². The fourth-order valence-corrected chi connectivity index (χ4v) is 5.18. The Kier molecular flexibility index (Phi) is 12.0. The molecule has 3 aromatic carbocycles. The minimum absolute atomic E-state index is 0.730. The van der Waals surface area contributed by atoms with E-state index >= 15 is 0 Å². The number of benzene rings is 3. The monoisotopic (exact) mass is 589 g/mol. The molecule has 2 aliphatic carbocycles. The molecule has 2 aliphatic rings. The Labute approximate surface area is 269 Å². The molecule has 5 rings (SSSR count). The second-order valence-electron chi connectivity index (χ2n) is 11.1. The van der Waals surface area contributed by atoms with Gasteiger partial charge in [-0.25, -0.2) is 0 Å². The van der Waals surface area contributed by atoms with Gasteiger partial charge in [-0.1, -0.05) is 153 Å². The molecule has 0 saturated carbocycles. The van der Waals surface area contributed by atoms with E-state index in [9.17, 15) is 0 Å². The highest BCUT2D eigenvalue weighted by Crippen LogP contribution is 2.36. The number of rotatable bonds is 13. The summed E-state index contributed by atoms with van der Waals surface area (Å²) < 4.78 is 6.33. The molecule has 0 atom stereocenters. The third kappa shape index (κ3) is 9.71. The number of allylic oxidation sites excluding steroid dienone is 14. The van der Waals surface area contributed by atoms with Crippen LogP contribution in [0.15, 0.2) is 169 Å². The van der Waals surface area contributed by atoms with Crippen LogP contribution in [0.3, 0.4) is 0 Å². The fourth-order valence-electron chi connectivity index (χ4n) is 5.18. The van der Waals surface area contributed by atoms with Crippen molar-refractivity contribution >= 4 is 29.6 Å². The van der Waals surface area contributed by atoms with Crippen LogP contribution in [-0.2, 0) is 4.74 Å². The third-order valence-electron chi connectivity index (χ3n) is 7.61. The van der Waals surface area contributed by atoms with Crippen LogP contribution >= 0.6 is 0 Å². The Hall–Kier alpha value is -5.08. The third-order valence-corrected chi connectivity index (χ3v) is 7.61. The zero-order chi connectivity index (χ0) is 30.9. The van der Waals surface area contributed by atoms with E-state index in [0.29, 0.717) is 0 Å². The molecule has 0 fully saturated rings. The number of unbranched alkanes of at least 4 members (excludes halogenated alkanes) is 1. The van der Waals surface area contributed by atoms with Gasteiger partial charge in [0.15, 0.2) is 0 Å². The number of hydrogen-bond donors (Lipinski definition) is 0. The summed E-state index contributed by atoms with van der Waals surface area (Å²) in [5, 5.41) is 0. The SMILES string of the molecule is CCCCOC1=C(N(c2ccc(/C=C/C=C/C3=CC=CCC=C3)cc2)c2ccc(/C=C/C=C/c3ccccc3)cc2)CCC=C1. The van der Waals surface area contributed by atoms with Crippen molar-refractivity contribution in [2.45, 2.75) is 39.0 Å². The van der Waals surface area contributed by atoms with Gasteiger partial charge in [-0.05, 0) is 78.3 Å². The van der Waals surface area contributed by atoms with Crippen LogP contribution in [0.4, 0.5) is 11.4 Å². The molecule has 0 radical (unpaired) electrons. The molecular formula is C43H43NO. The second kappa shape index (κ2) is 17.3. The second-order valence-corrected chi connectivity index (χ2v) is 11.1. The van der Waals surface area contributed by atoms with Crippen LogP contribution in [0.2, 0.25) is 0 Å². The van der Waals surface area contributed by atoms with Crippen molar-refractivity contribution in [2.75, 3.05) is 11.5 Å². The average Bonchev–Trinajstić information content (AvgIpc) is 3.37. The molecule has 0 N–H and O–H groups in total. The molecule has 0 heterocycles. The molecule has 0 amide bonds. The predicted octanol–water partition coefficient (Wildman–Crippen LogP) is 11.9. The van der Waals surface area contributed by atoms with Gasteiger partial charge in [0.1, 0.15) is 5.76 Å². The molecule has 45 heavy (non-hydrogen) atoms. The van der Waals surface area contributed by atoms with Gasteiger partial charge in [-0.3, -0.25) is 0 Å². The summed E-state index contributed by atoms with van der Waals surface area (Å²) >= 11 is 0. The van der Waals surface area contributed by atoms with Crippen molar-refractivity contribution in [3.05, 3.63) is 185 Å². The van der Waals surface area contributed by atoms with Gasteiger partial charge >= 0.3 is 0 Å². The van der Waals surface area contributed by atoms with Crippen molar-refractivity contribution in [3.63, 3.8) is 0 Å². The molecule has 2 nitrogen and oxygen atoms in total. The first kappa shape index (κ1) is 31.3. The zero-order valence-corrected chi connectivity index (χ0v) is 26.3. The van der Waals surface area contributed by atoms with Gasteiger partial charge < -0.3 is 9.64 Å². The zero-order valence-electron chi connectivity index (χ0n) is 26.3. The van der Waals surface area contributed by atoms with E-state index in [1.807, 2.05) is 6.07 Å². The Bertz CT molecular complexity index is 1640. The summed E-state index contributed by atoms with van der Waals surface area (Å²) in [4.78, 5) is 2.36. The van der Waals surface area contributed by atoms with Crippen molar-refractivity contribution in [2.24, 2.45) is 0 Å². The maximum Gasteiger partial charge on any atom is 0.138 e. The van der Waals surface area contributed by atoms with Crippen LogP contribution in [0.25, 0.3) is 18.2 Å². The van der Waals surface area contributed by atoms with E-state index in [0.717, 1.165) is 67.0 Å². The lowest BCUT2D eigenvalue weighted by atomic mass is 10.0. The van der Waals surface area contributed by atoms with Crippen molar-refractivity contribution in [1.29, 1.82) is 0 Å². The van der Waals surface area contributed by atoms with E-state index < -0.39 is 0 Å². The Balaban J connectivity index is 1.37. The number of nitrogens with zero attached hydrogens (tertiary/aromatic N) is 1. The largest absolute Gasteiger partial charge is 0.492 e. The van der Waals surface area contributed by atoms with E-state index in [-0.39, 0.29) is 0 Å². The standard InChI is InChI=1S/C43H43NO/c1-2-3-35-45-43-26-16-15-25-42(43)44(41-33-29-39(30-34-41)24-14-12-22-37-19-9-6-10-20-37)40-31-27-38(28-32-40)23-13-11-21-36-17-7-4-5-8-18-36/h4,6-14,16-24,26-34H,2-3,5,15,25,35H2,1H3/b21-11+,22-12+,23-13+,24-14+. The Morgan fingerprint density at radius 2 is 1.29 bits per heavy atom. The highest BCUT2D eigenvalue weighted by atomic mass is 16.5. The molecule has 0 spiro atoms. The van der Waals surface area contributed by atoms with Crippen LogP contribution < -0.4 is 4.90 Å². The minimum atomic E-state index is 0.730. The van der Waals surface area contributed by atoms with Gasteiger partial charge in [0.25, 0.3) is 0 Å². The highest BCUT2D eigenvalue weighted by molar-refractivity contribution is 5.72. The summed E-state index contributed by atoms with van der Waals surface area (Å²) in [5.74, 6) is 0.968. The molecule has 0 saturated heterocycles. The van der Waals surface area contributed by atoms with Crippen molar-refractivity contribution in [3.8, 4) is 0 Å². The van der Waals surface area contributed by atoms with E-state index in [1.54, 1.807) is 0 Å². The molecule has 0 bridgehead atoms. The average molecular weight is 590 g/mol. The summed E-state index contributed by atoms with van der Waals surface area (Å²) in [6, 6.07) is 27.9. The highest BCUT2D eigenvalue weighted by Gasteiger charge is 2.20. The molecule has 0 unspecified atom stereocenters. The van der Waals surface area contributed by atoms with Gasteiger partial charge in [0.05, 0.1) is 12.3 Å². The smallest absolute Gasteiger partial charge is 0.138 e. The number of hydrogen-bond acceptors (Lipinski definition) is 2. The van der Waals surface area contributed by atoms with Gasteiger partial charge in [0.2, 0.25) is 0 Å². The first-order chi connectivity index (χ1) is 22.3. The number of ether oxygens (including phenoxy) is 1. The molecule has 3 aromatic rings. The van der Waals surface area contributed by atoms with E-state index in [1.165, 1.54) is 16.8 Å². The lowest BCUT2D eigenvalue weighted by molar-refractivity contribution is 0.213. The first-order valence-electron chi connectivity index (χ1n) is 16.1. The summed E-state index contributed by atoms with van der Waals surface area (Å²) in [6.07, 6.45) is 37.1. The Morgan fingerprint density at radius 3 is 1.93 bits per heavy atom. The maximum absolute atomic E-state index is 6.33. The summed E-state index contributed by atoms with van der Waals surface area (Å²) in [6.45, 7) is 2.93. The van der Waals surface area contributed by atoms with Crippen molar-refractivity contribution in [1.82, 2.24) is 0 Å². The van der Waals surface area contributed by atoms with Crippen LogP contribution in [-0.4, -0.2) is 6.61 Å². The van der Waals surface area contributed by atoms with Crippen LogP contribution in [0.5, 0.6) is 0 Å². The fraction of sp³-hybridized carbons (Fsp3) is 0.163. The minimum Gasteiger partial charge on any atom is -0.492 e. The van der Waals surface area contributed by atoms with E-state index in [4.69, 9.17) is 4.74 Å². The molecule has 0 aromatic heterocycles. The summed E-state index contributed by atoms with van der Waals surface area (Å²) in [7, 11) is 0. The summed E-state index contributed by atoms with van der Waals surface area (Å²) in [5.41, 5.74) is 8.17.